The van der Waals surface area contributed by atoms with Gasteiger partial charge in [-0.1, -0.05) is 59.4 Å². The van der Waals surface area contributed by atoms with Crippen molar-refractivity contribution in [3.63, 3.8) is 0 Å². The predicted octanol–water partition coefficient (Wildman–Crippen LogP) is 5.60. The Labute approximate surface area is 335 Å². The van der Waals surface area contributed by atoms with E-state index in [1.54, 1.807) is 12.1 Å². The van der Waals surface area contributed by atoms with Gasteiger partial charge in [-0.2, -0.15) is 5.21 Å². The molecule has 0 radical (unpaired) electrons. The Balaban J connectivity index is 1.11. The molecule has 56 heavy (non-hydrogen) atoms. The maximum Gasteiger partial charge on any atom is 0.408 e. The Kier molecular flexibility index (Phi) is 11.1. The standard InChI is InChI=1S/C37H40Cl2N10O6S/c38-23-16-26-27(17-24(23)39)41-32(30(40-26)29-13-8-14-56-29)54-22-15-28-31(50)44-37(34(52)43-35-45-47-48-46-35)18-20(37)9-4-2-1-3-5-12-25(33(51)49(28)19-22)42-36(53)55-21-10-6-7-11-21/h4,8-9,13-14,16-17,20-22,25,28H,1-3,5-7,10-12,15,18-19H2,(H,42,53)(H,44,50)(H2,43,45,46,47,48,52)/b9-4-/t20-,22+,25-,28-,37+/m0/s1. The SMILES string of the molecule is O=C(N[C@H]1CCCCC/C=C\[C@H]2C[C@@]2(C(=O)Nc2nn[nH]n2)NC(=O)[C@@H]2C[C@@H](Oc3nc4cc(Cl)c(Cl)cc4nc3-c3cccs3)CN2C1=O)OC1CCCC1. The van der Waals surface area contributed by atoms with Gasteiger partial charge in [-0.3, -0.25) is 19.7 Å². The van der Waals surface area contributed by atoms with Crippen molar-refractivity contribution in [1.29, 1.82) is 0 Å². The third-order valence-electron chi connectivity index (χ3n) is 10.8. The number of benzene rings is 1. The lowest BCUT2D eigenvalue weighted by molar-refractivity contribution is -0.141. The van der Waals surface area contributed by atoms with E-state index in [0.29, 0.717) is 46.0 Å². The first kappa shape index (κ1) is 38.0. The zero-order valence-corrected chi connectivity index (χ0v) is 32.5. The molecule has 3 fully saturated rings. The number of anilines is 1. The Morgan fingerprint density at radius 2 is 1.79 bits per heavy atom. The average Bonchev–Trinajstić information content (AvgIpc) is 3.85. The molecule has 2 saturated carbocycles. The van der Waals surface area contributed by atoms with Gasteiger partial charge in [-0.15, -0.1) is 16.4 Å². The number of tetrazole rings is 1. The Morgan fingerprint density at radius 3 is 2.54 bits per heavy atom. The number of aromatic amines is 1. The molecule has 1 saturated heterocycles. The molecule has 2 aliphatic carbocycles. The van der Waals surface area contributed by atoms with Crippen LogP contribution >= 0.6 is 34.5 Å². The molecule has 4 aromatic rings. The number of nitrogens with zero attached hydrogens (tertiary/aromatic N) is 6. The number of fused-ring (bicyclic) bond motifs is 3. The number of ether oxygens (including phenoxy) is 2. The fourth-order valence-corrected chi connectivity index (χ4v) is 8.80. The molecule has 1 aromatic carbocycles. The minimum absolute atomic E-state index is 0.0108. The predicted molar refractivity (Wildman–Crippen MR) is 207 cm³/mol. The van der Waals surface area contributed by atoms with E-state index in [9.17, 15) is 19.2 Å². The lowest BCUT2D eigenvalue weighted by atomic mass is 10.0. The van der Waals surface area contributed by atoms with E-state index in [2.05, 4.69) is 36.6 Å². The van der Waals surface area contributed by atoms with Gasteiger partial charge in [0.25, 0.3) is 11.9 Å². The topological polar surface area (TPSA) is 206 Å². The number of aromatic nitrogens is 6. The van der Waals surface area contributed by atoms with Gasteiger partial charge in [0, 0.05) is 12.3 Å². The summed E-state index contributed by atoms with van der Waals surface area (Å²) >= 11 is 14.1. The monoisotopic (exact) mass is 822 g/mol. The van der Waals surface area contributed by atoms with Crippen molar-refractivity contribution < 1.29 is 28.7 Å². The van der Waals surface area contributed by atoms with Crippen molar-refractivity contribution in [2.24, 2.45) is 5.92 Å². The summed E-state index contributed by atoms with van der Waals surface area (Å²) in [6.45, 7) is -0.0108. The summed E-state index contributed by atoms with van der Waals surface area (Å²) in [6, 6.07) is 4.99. The number of thiophene rings is 1. The summed E-state index contributed by atoms with van der Waals surface area (Å²) in [5.74, 6) is -1.64. The highest BCUT2D eigenvalue weighted by Gasteiger charge is 2.61. The summed E-state index contributed by atoms with van der Waals surface area (Å²) in [5.41, 5.74) is 0.107. The highest BCUT2D eigenvalue weighted by molar-refractivity contribution is 7.13. The number of carbonyl (C=O) groups excluding carboxylic acids is 4. The van der Waals surface area contributed by atoms with Crippen LogP contribution in [-0.2, 0) is 19.1 Å². The molecule has 16 nitrogen and oxygen atoms in total. The van der Waals surface area contributed by atoms with Crippen LogP contribution < -0.4 is 20.7 Å². The minimum Gasteiger partial charge on any atom is -0.471 e. The molecular weight excluding hydrogens is 783 g/mol. The lowest BCUT2D eigenvalue weighted by Crippen LogP contribution is -2.57. The molecule has 0 bridgehead atoms. The fraction of sp³-hybridized carbons (Fsp3) is 0.486. The number of hydrogen-bond donors (Lipinski definition) is 4. The van der Waals surface area contributed by atoms with Crippen molar-refractivity contribution >= 4 is 75.3 Å². The van der Waals surface area contributed by atoms with Crippen LogP contribution in [0.1, 0.15) is 70.6 Å². The van der Waals surface area contributed by atoms with Gasteiger partial charge < -0.3 is 25.0 Å². The number of amides is 4. The molecule has 5 atom stereocenters. The van der Waals surface area contributed by atoms with E-state index in [-0.39, 0.29) is 36.8 Å². The van der Waals surface area contributed by atoms with Gasteiger partial charge in [-0.05, 0) is 80.2 Å². The zero-order valence-electron chi connectivity index (χ0n) is 30.2. The van der Waals surface area contributed by atoms with Gasteiger partial charge in [-0.25, -0.2) is 14.8 Å². The average molecular weight is 824 g/mol. The van der Waals surface area contributed by atoms with Gasteiger partial charge in [0.2, 0.25) is 17.7 Å². The van der Waals surface area contributed by atoms with Crippen molar-refractivity contribution in [2.45, 2.75) is 100 Å². The normalized spacial score (nSPS) is 26.4. The number of H-pyrrole nitrogens is 1. The van der Waals surface area contributed by atoms with Crippen LogP contribution in [-0.4, -0.2) is 95.7 Å². The smallest absolute Gasteiger partial charge is 0.408 e. The maximum absolute atomic E-state index is 14.6. The van der Waals surface area contributed by atoms with E-state index in [0.717, 1.165) is 49.8 Å². The summed E-state index contributed by atoms with van der Waals surface area (Å²) in [4.78, 5) is 67.9. The van der Waals surface area contributed by atoms with Crippen LogP contribution in [0.25, 0.3) is 21.6 Å². The third kappa shape index (κ3) is 8.16. The molecule has 2 aliphatic heterocycles. The Bertz CT molecular complexity index is 2130. The number of carbonyl (C=O) groups is 4. The first-order valence-electron chi connectivity index (χ1n) is 18.9. The molecular formula is C37H40Cl2N10O6S. The number of rotatable bonds is 7. The first-order chi connectivity index (χ1) is 27.2. The molecule has 4 amide bonds. The number of nitrogens with one attached hydrogen (secondary N) is 4. The van der Waals surface area contributed by atoms with E-state index in [4.69, 9.17) is 42.6 Å². The number of halogens is 2. The van der Waals surface area contributed by atoms with Gasteiger partial charge in [0.15, 0.2) is 0 Å². The Hall–Kier alpha value is -4.87. The van der Waals surface area contributed by atoms with Crippen LogP contribution in [0.4, 0.5) is 10.7 Å². The molecule has 3 aromatic heterocycles. The minimum atomic E-state index is -1.32. The Morgan fingerprint density at radius 1 is 1.00 bits per heavy atom. The van der Waals surface area contributed by atoms with E-state index < -0.39 is 47.5 Å². The lowest BCUT2D eigenvalue weighted by Gasteiger charge is -2.30. The quantitative estimate of drug-likeness (QED) is 0.169. The summed E-state index contributed by atoms with van der Waals surface area (Å²) in [7, 11) is 0. The van der Waals surface area contributed by atoms with Crippen LogP contribution in [0.2, 0.25) is 10.0 Å². The highest BCUT2D eigenvalue weighted by atomic mass is 35.5. The fourth-order valence-electron chi connectivity index (χ4n) is 7.78. The molecule has 5 heterocycles. The molecule has 4 N–H and O–H groups in total. The molecule has 0 spiro atoms. The van der Waals surface area contributed by atoms with E-state index in [1.165, 1.54) is 16.2 Å². The van der Waals surface area contributed by atoms with E-state index in [1.807, 2.05) is 29.7 Å². The van der Waals surface area contributed by atoms with E-state index >= 15 is 0 Å². The van der Waals surface area contributed by atoms with Gasteiger partial charge in [0.1, 0.15) is 35.5 Å². The zero-order chi connectivity index (χ0) is 38.8. The summed E-state index contributed by atoms with van der Waals surface area (Å²) < 4.78 is 12.3. The van der Waals surface area contributed by atoms with Crippen LogP contribution in [0.15, 0.2) is 41.8 Å². The second kappa shape index (κ2) is 16.3. The van der Waals surface area contributed by atoms with Crippen LogP contribution in [0.5, 0.6) is 5.88 Å². The van der Waals surface area contributed by atoms with Crippen molar-refractivity contribution in [3.8, 4) is 16.5 Å². The summed E-state index contributed by atoms with van der Waals surface area (Å²) in [5, 5.41) is 24.5. The molecule has 4 aliphatic rings. The maximum atomic E-state index is 14.6. The second-order valence-corrected chi connectivity index (χ2v) is 16.4. The van der Waals surface area contributed by atoms with Gasteiger partial charge >= 0.3 is 6.09 Å². The van der Waals surface area contributed by atoms with Gasteiger partial charge in [0.05, 0.1) is 32.5 Å². The first-order valence-corrected chi connectivity index (χ1v) is 20.5. The van der Waals surface area contributed by atoms with Crippen molar-refractivity contribution in [1.82, 2.24) is 46.1 Å². The number of hydrogen-bond acceptors (Lipinski definition) is 12. The number of allylic oxidation sites excluding steroid dienone is 1. The summed E-state index contributed by atoms with van der Waals surface area (Å²) in [6.07, 6.45) is 9.68. The molecule has 19 heteroatoms. The van der Waals surface area contributed by atoms with Crippen molar-refractivity contribution in [3.05, 3.63) is 51.8 Å². The van der Waals surface area contributed by atoms with Crippen LogP contribution in [0.3, 0.4) is 0 Å². The molecule has 0 unspecified atom stereocenters. The molecule has 294 valence electrons. The van der Waals surface area contributed by atoms with Crippen molar-refractivity contribution in [2.75, 3.05) is 11.9 Å². The third-order valence-corrected chi connectivity index (χ3v) is 12.4. The number of alkyl carbamates (subject to hydrolysis) is 1. The second-order valence-electron chi connectivity index (χ2n) is 14.6. The highest BCUT2D eigenvalue weighted by Crippen LogP contribution is 2.46. The van der Waals surface area contributed by atoms with Crippen LogP contribution in [0, 0.1) is 5.92 Å². The molecule has 8 rings (SSSR count). The largest absolute Gasteiger partial charge is 0.471 e.